The third-order valence-electron chi connectivity index (χ3n) is 4.59. The minimum absolute atomic E-state index is 0.179. The summed E-state index contributed by atoms with van der Waals surface area (Å²) in [5.74, 6) is 0.116. The number of piperidine rings is 1. The SMILES string of the molecule is NC(=O)Cn1cc(CC2CCN(C(=O)O)CC2)c2ccccc21. The molecule has 0 radical (unpaired) electrons. The quantitative estimate of drug-likeness (QED) is 0.905. The zero-order valence-electron chi connectivity index (χ0n) is 12.9. The minimum Gasteiger partial charge on any atom is -0.465 e. The number of amides is 2. The van der Waals surface area contributed by atoms with E-state index in [4.69, 9.17) is 10.8 Å². The van der Waals surface area contributed by atoms with E-state index in [1.54, 1.807) is 0 Å². The number of nitrogens with zero attached hydrogens (tertiary/aromatic N) is 2. The Morgan fingerprint density at radius 3 is 2.57 bits per heavy atom. The van der Waals surface area contributed by atoms with E-state index in [1.807, 2.05) is 29.0 Å². The predicted octanol–water partition coefficient (Wildman–Crippen LogP) is 2.06. The molecule has 122 valence electrons. The van der Waals surface area contributed by atoms with E-state index < -0.39 is 6.09 Å². The van der Waals surface area contributed by atoms with Crippen molar-refractivity contribution in [2.24, 2.45) is 11.7 Å². The van der Waals surface area contributed by atoms with Gasteiger partial charge in [0.1, 0.15) is 6.54 Å². The second-order valence-electron chi connectivity index (χ2n) is 6.18. The van der Waals surface area contributed by atoms with E-state index in [-0.39, 0.29) is 12.5 Å². The summed E-state index contributed by atoms with van der Waals surface area (Å²) >= 11 is 0. The van der Waals surface area contributed by atoms with Crippen molar-refractivity contribution in [3.05, 3.63) is 36.0 Å². The number of carboxylic acid groups (broad SMARTS) is 1. The fourth-order valence-electron chi connectivity index (χ4n) is 3.42. The molecule has 2 amide bonds. The summed E-state index contributed by atoms with van der Waals surface area (Å²) in [4.78, 5) is 23.7. The van der Waals surface area contributed by atoms with Crippen molar-refractivity contribution >= 4 is 22.9 Å². The van der Waals surface area contributed by atoms with E-state index in [9.17, 15) is 9.59 Å². The Bertz CT molecular complexity index is 730. The minimum atomic E-state index is -0.832. The molecule has 1 aromatic heterocycles. The lowest BCUT2D eigenvalue weighted by atomic mass is 9.90. The molecule has 6 nitrogen and oxygen atoms in total. The van der Waals surface area contributed by atoms with Crippen LogP contribution in [0.3, 0.4) is 0 Å². The molecule has 0 atom stereocenters. The van der Waals surface area contributed by atoms with Crippen LogP contribution in [0.5, 0.6) is 0 Å². The van der Waals surface area contributed by atoms with Gasteiger partial charge < -0.3 is 20.3 Å². The third-order valence-corrected chi connectivity index (χ3v) is 4.59. The Morgan fingerprint density at radius 1 is 1.22 bits per heavy atom. The molecule has 0 saturated carbocycles. The van der Waals surface area contributed by atoms with Crippen molar-refractivity contribution < 1.29 is 14.7 Å². The number of carbonyl (C=O) groups is 2. The van der Waals surface area contributed by atoms with Crippen LogP contribution in [0.1, 0.15) is 18.4 Å². The van der Waals surface area contributed by atoms with Crippen molar-refractivity contribution in [3.8, 4) is 0 Å². The van der Waals surface area contributed by atoms with Crippen molar-refractivity contribution in [2.45, 2.75) is 25.8 Å². The number of carbonyl (C=O) groups excluding carboxylic acids is 1. The Morgan fingerprint density at radius 2 is 1.91 bits per heavy atom. The summed E-state index contributed by atoms with van der Waals surface area (Å²) < 4.78 is 1.90. The van der Waals surface area contributed by atoms with E-state index in [0.717, 1.165) is 30.2 Å². The Labute approximate surface area is 134 Å². The second-order valence-corrected chi connectivity index (χ2v) is 6.18. The number of likely N-dealkylation sites (tertiary alicyclic amines) is 1. The average molecular weight is 315 g/mol. The maximum Gasteiger partial charge on any atom is 0.407 e. The van der Waals surface area contributed by atoms with Gasteiger partial charge in [0.25, 0.3) is 0 Å². The molecule has 0 unspecified atom stereocenters. The lowest BCUT2D eigenvalue weighted by molar-refractivity contribution is -0.118. The summed E-state index contributed by atoms with van der Waals surface area (Å²) in [5.41, 5.74) is 7.55. The first-order chi connectivity index (χ1) is 11.0. The lowest BCUT2D eigenvalue weighted by Crippen LogP contribution is -2.37. The highest BCUT2D eigenvalue weighted by molar-refractivity contribution is 5.86. The fraction of sp³-hybridized carbons (Fsp3) is 0.412. The zero-order valence-corrected chi connectivity index (χ0v) is 12.9. The monoisotopic (exact) mass is 315 g/mol. The Hall–Kier alpha value is -2.50. The van der Waals surface area contributed by atoms with E-state index in [0.29, 0.717) is 19.0 Å². The zero-order chi connectivity index (χ0) is 16.4. The van der Waals surface area contributed by atoms with Crippen LogP contribution in [0.4, 0.5) is 4.79 Å². The molecule has 1 fully saturated rings. The fourth-order valence-corrected chi connectivity index (χ4v) is 3.42. The van der Waals surface area contributed by atoms with Crippen LogP contribution in [0.2, 0.25) is 0 Å². The van der Waals surface area contributed by atoms with Gasteiger partial charge in [-0.25, -0.2) is 4.79 Å². The van der Waals surface area contributed by atoms with Crippen LogP contribution in [-0.2, 0) is 17.8 Å². The molecule has 3 rings (SSSR count). The van der Waals surface area contributed by atoms with Gasteiger partial charge in [0, 0.05) is 30.2 Å². The van der Waals surface area contributed by atoms with Crippen molar-refractivity contribution in [1.82, 2.24) is 9.47 Å². The van der Waals surface area contributed by atoms with E-state index >= 15 is 0 Å². The van der Waals surface area contributed by atoms with Gasteiger partial charge in [-0.1, -0.05) is 18.2 Å². The van der Waals surface area contributed by atoms with Gasteiger partial charge in [0.2, 0.25) is 5.91 Å². The molecule has 1 aliphatic heterocycles. The maximum atomic E-state index is 11.3. The van der Waals surface area contributed by atoms with Gasteiger partial charge in [-0.05, 0) is 36.8 Å². The van der Waals surface area contributed by atoms with Gasteiger partial charge >= 0.3 is 6.09 Å². The highest BCUT2D eigenvalue weighted by Crippen LogP contribution is 2.27. The first-order valence-electron chi connectivity index (χ1n) is 7.87. The summed E-state index contributed by atoms with van der Waals surface area (Å²) in [6.07, 6.45) is 3.84. The number of primary amides is 1. The van der Waals surface area contributed by atoms with Crippen molar-refractivity contribution in [3.63, 3.8) is 0 Å². The van der Waals surface area contributed by atoms with Crippen LogP contribution < -0.4 is 5.73 Å². The number of rotatable bonds is 4. The van der Waals surface area contributed by atoms with Crippen LogP contribution in [0.25, 0.3) is 10.9 Å². The number of fused-ring (bicyclic) bond motifs is 1. The molecule has 0 bridgehead atoms. The van der Waals surface area contributed by atoms with Crippen LogP contribution >= 0.6 is 0 Å². The van der Waals surface area contributed by atoms with Crippen LogP contribution in [0, 0.1) is 5.92 Å². The molecule has 3 N–H and O–H groups in total. The molecular weight excluding hydrogens is 294 g/mol. The topological polar surface area (TPSA) is 88.6 Å². The normalized spacial score (nSPS) is 15.9. The number of para-hydroxylation sites is 1. The molecule has 0 spiro atoms. The van der Waals surface area contributed by atoms with Gasteiger partial charge in [0.15, 0.2) is 0 Å². The second kappa shape index (κ2) is 6.32. The number of hydrogen-bond donors (Lipinski definition) is 2. The molecule has 1 aliphatic rings. The highest BCUT2D eigenvalue weighted by Gasteiger charge is 2.23. The average Bonchev–Trinajstić information content (AvgIpc) is 2.85. The van der Waals surface area contributed by atoms with E-state index in [1.165, 1.54) is 10.5 Å². The maximum absolute atomic E-state index is 11.3. The first-order valence-corrected chi connectivity index (χ1v) is 7.87. The Balaban J connectivity index is 1.78. The van der Waals surface area contributed by atoms with Crippen LogP contribution in [-0.4, -0.2) is 39.7 Å². The van der Waals surface area contributed by atoms with Gasteiger partial charge in [-0.3, -0.25) is 4.79 Å². The molecule has 1 saturated heterocycles. The molecule has 1 aromatic carbocycles. The molecule has 0 aliphatic carbocycles. The summed E-state index contributed by atoms with van der Waals surface area (Å²) in [7, 11) is 0. The molecule has 2 aromatic rings. The smallest absolute Gasteiger partial charge is 0.407 e. The number of benzene rings is 1. The van der Waals surface area contributed by atoms with Gasteiger partial charge in [0.05, 0.1) is 0 Å². The molecular formula is C17H21N3O3. The highest BCUT2D eigenvalue weighted by atomic mass is 16.4. The molecule has 23 heavy (non-hydrogen) atoms. The summed E-state index contributed by atoms with van der Waals surface area (Å²) in [6, 6.07) is 8.01. The lowest BCUT2D eigenvalue weighted by Gasteiger charge is -2.29. The van der Waals surface area contributed by atoms with Gasteiger partial charge in [-0.15, -0.1) is 0 Å². The van der Waals surface area contributed by atoms with Crippen molar-refractivity contribution in [2.75, 3.05) is 13.1 Å². The molecule has 6 heteroatoms. The Kier molecular flexibility index (Phi) is 4.23. The largest absolute Gasteiger partial charge is 0.465 e. The van der Waals surface area contributed by atoms with Gasteiger partial charge in [-0.2, -0.15) is 0 Å². The predicted molar refractivity (Wildman–Crippen MR) is 87.2 cm³/mol. The number of hydrogen-bond acceptors (Lipinski definition) is 2. The third kappa shape index (κ3) is 3.31. The first kappa shape index (κ1) is 15.4. The van der Waals surface area contributed by atoms with E-state index in [2.05, 4.69) is 6.07 Å². The van der Waals surface area contributed by atoms with Crippen LogP contribution in [0.15, 0.2) is 30.5 Å². The van der Waals surface area contributed by atoms with Crippen molar-refractivity contribution in [1.29, 1.82) is 0 Å². The number of nitrogens with two attached hydrogens (primary N) is 1. The molecule has 2 heterocycles. The summed E-state index contributed by atoms with van der Waals surface area (Å²) in [6.45, 7) is 1.37. The summed E-state index contributed by atoms with van der Waals surface area (Å²) in [5, 5.41) is 10.2. The standard InChI is InChI=1S/C17H21N3O3/c18-16(21)11-20-10-13(14-3-1-2-4-15(14)20)9-12-5-7-19(8-6-12)17(22)23/h1-4,10,12H,5-9,11H2,(H2,18,21)(H,22,23). The number of aromatic nitrogens is 1.